The van der Waals surface area contributed by atoms with Crippen LogP contribution in [0.2, 0.25) is 0 Å². The maximum Gasteiger partial charge on any atom is 0.0260 e. The number of rotatable bonds is 0. The van der Waals surface area contributed by atoms with Crippen molar-refractivity contribution in [3.63, 3.8) is 0 Å². The van der Waals surface area contributed by atoms with E-state index in [2.05, 4.69) is 80.4 Å². The molecule has 0 amide bonds. The van der Waals surface area contributed by atoms with E-state index in [4.69, 9.17) is 0 Å². The summed E-state index contributed by atoms with van der Waals surface area (Å²) in [7, 11) is 0. The van der Waals surface area contributed by atoms with E-state index in [0.29, 0.717) is 0 Å². The first-order valence-corrected chi connectivity index (χ1v) is 6.61. The fourth-order valence-corrected chi connectivity index (χ4v) is 2.98. The Morgan fingerprint density at radius 3 is 2.38 bits per heavy atom. The molecular weight excluding hydrogens is 328 g/mol. The molecule has 0 heterocycles. The van der Waals surface area contributed by atoms with Gasteiger partial charge in [0.25, 0.3) is 0 Å². The predicted octanol–water partition coefficient (Wildman–Crippen LogP) is 5.52. The summed E-state index contributed by atoms with van der Waals surface area (Å²) >= 11 is 7.15. The molecule has 0 N–H and O–H groups in total. The van der Waals surface area contributed by atoms with Crippen LogP contribution in [-0.2, 0) is 0 Å². The second kappa shape index (κ2) is 3.86. The Morgan fingerprint density at radius 1 is 0.688 bits per heavy atom. The molecule has 3 rings (SSSR count). The molecular formula is C14H8Br2. The van der Waals surface area contributed by atoms with Crippen molar-refractivity contribution in [1.82, 2.24) is 0 Å². The van der Waals surface area contributed by atoms with Gasteiger partial charge in [-0.25, -0.2) is 0 Å². The van der Waals surface area contributed by atoms with E-state index in [1.54, 1.807) is 0 Å². The smallest absolute Gasteiger partial charge is 0.0260 e. The van der Waals surface area contributed by atoms with E-state index in [-0.39, 0.29) is 0 Å². The lowest BCUT2D eigenvalue weighted by Gasteiger charge is -2.06. The van der Waals surface area contributed by atoms with E-state index in [0.717, 1.165) is 8.95 Å². The highest BCUT2D eigenvalue weighted by Crippen LogP contribution is 2.33. The zero-order valence-corrected chi connectivity index (χ0v) is 11.5. The highest BCUT2D eigenvalue weighted by atomic mass is 79.9. The Bertz CT molecular complexity index is 687. The third-order valence-electron chi connectivity index (χ3n) is 2.77. The maximum atomic E-state index is 3.63. The molecule has 0 saturated heterocycles. The number of fused-ring (bicyclic) bond motifs is 3. The molecule has 0 radical (unpaired) electrons. The lowest BCUT2D eigenvalue weighted by atomic mass is 10.0. The highest BCUT2D eigenvalue weighted by molar-refractivity contribution is 9.11. The van der Waals surface area contributed by atoms with Crippen LogP contribution in [-0.4, -0.2) is 0 Å². The van der Waals surface area contributed by atoms with Crippen molar-refractivity contribution < 1.29 is 0 Å². The molecule has 0 spiro atoms. The molecule has 3 aromatic carbocycles. The SMILES string of the molecule is Brc1ccc2c(Br)cc3ccccc3c2c1. The van der Waals surface area contributed by atoms with E-state index < -0.39 is 0 Å². The maximum absolute atomic E-state index is 3.63. The second-order valence-electron chi connectivity index (χ2n) is 3.77. The quantitative estimate of drug-likeness (QED) is 0.474. The summed E-state index contributed by atoms with van der Waals surface area (Å²) in [6.07, 6.45) is 0. The number of hydrogen-bond donors (Lipinski definition) is 0. The zero-order chi connectivity index (χ0) is 11.1. The number of hydrogen-bond acceptors (Lipinski definition) is 0. The minimum absolute atomic E-state index is 1.11. The van der Waals surface area contributed by atoms with Gasteiger partial charge in [0.1, 0.15) is 0 Å². The van der Waals surface area contributed by atoms with E-state index in [1.165, 1.54) is 21.5 Å². The zero-order valence-electron chi connectivity index (χ0n) is 8.37. The molecule has 78 valence electrons. The molecule has 0 aliphatic heterocycles. The van der Waals surface area contributed by atoms with Crippen molar-refractivity contribution in [2.45, 2.75) is 0 Å². The van der Waals surface area contributed by atoms with Crippen molar-refractivity contribution in [1.29, 1.82) is 0 Å². The fraction of sp³-hybridized carbons (Fsp3) is 0. The van der Waals surface area contributed by atoms with Crippen molar-refractivity contribution >= 4 is 53.4 Å². The molecule has 0 aromatic heterocycles. The van der Waals surface area contributed by atoms with Gasteiger partial charge in [-0.05, 0) is 39.7 Å². The third-order valence-corrected chi connectivity index (χ3v) is 3.92. The number of halogens is 2. The Labute approximate surface area is 111 Å². The van der Waals surface area contributed by atoms with Gasteiger partial charge >= 0.3 is 0 Å². The normalized spacial score (nSPS) is 11.1. The molecule has 16 heavy (non-hydrogen) atoms. The molecule has 0 unspecified atom stereocenters. The Morgan fingerprint density at radius 2 is 1.50 bits per heavy atom. The minimum Gasteiger partial charge on any atom is -0.0616 e. The van der Waals surface area contributed by atoms with Crippen LogP contribution in [0.3, 0.4) is 0 Å². The van der Waals surface area contributed by atoms with E-state index in [9.17, 15) is 0 Å². The van der Waals surface area contributed by atoms with Gasteiger partial charge in [-0.1, -0.05) is 62.2 Å². The summed E-state index contributed by atoms with van der Waals surface area (Å²) in [5, 5.41) is 5.09. The Balaban J connectivity index is 2.61. The summed E-state index contributed by atoms with van der Waals surface area (Å²) in [4.78, 5) is 0. The van der Waals surface area contributed by atoms with E-state index >= 15 is 0 Å². The van der Waals surface area contributed by atoms with Crippen LogP contribution in [0.1, 0.15) is 0 Å². The molecule has 0 saturated carbocycles. The predicted molar refractivity (Wildman–Crippen MR) is 76.9 cm³/mol. The van der Waals surface area contributed by atoms with E-state index in [1.807, 2.05) is 0 Å². The topological polar surface area (TPSA) is 0 Å². The molecule has 0 aliphatic carbocycles. The Hall–Kier alpha value is -0.860. The monoisotopic (exact) mass is 334 g/mol. The van der Waals surface area contributed by atoms with Crippen LogP contribution in [0.25, 0.3) is 21.5 Å². The van der Waals surface area contributed by atoms with Gasteiger partial charge in [0.2, 0.25) is 0 Å². The number of benzene rings is 3. The molecule has 0 aliphatic rings. The molecule has 0 bridgehead atoms. The largest absolute Gasteiger partial charge is 0.0616 e. The van der Waals surface area contributed by atoms with Gasteiger partial charge in [-0.15, -0.1) is 0 Å². The van der Waals surface area contributed by atoms with Crippen LogP contribution < -0.4 is 0 Å². The highest BCUT2D eigenvalue weighted by Gasteiger charge is 2.04. The average molecular weight is 336 g/mol. The van der Waals surface area contributed by atoms with Crippen LogP contribution in [0, 0.1) is 0 Å². The van der Waals surface area contributed by atoms with Crippen molar-refractivity contribution in [3.8, 4) is 0 Å². The van der Waals surface area contributed by atoms with Crippen molar-refractivity contribution in [2.75, 3.05) is 0 Å². The van der Waals surface area contributed by atoms with Gasteiger partial charge in [0.15, 0.2) is 0 Å². The molecule has 0 atom stereocenters. The first-order valence-electron chi connectivity index (χ1n) is 5.02. The first-order chi connectivity index (χ1) is 7.75. The summed E-state index contributed by atoms with van der Waals surface area (Å²) < 4.78 is 2.26. The van der Waals surface area contributed by atoms with Gasteiger partial charge in [-0.2, -0.15) is 0 Å². The second-order valence-corrected chi connectivity index (χ2v) is 5.54. The minimum atomic E-state index is 1.11. The lowest BCUT2D eigenvalue weighted by Crippen LogP contribution is -1.79. The average Bonchev–Trinajstić information content (AvgIpc) is 2.29. The summed E-state index contributed by atoms with van der Waals surface area (Å²) in [6.45, 7) is 0. The van der Waals surface area contributed by atoms with Crippen LogP contribution in [0.4, 0.5) is 0 Å². The fourth-order valence-electron chi connectivity index (χ4n) is 2.03. The lowest BCUT2D eigenvalue weighted by molar-refractivity contribution is 1.70. The van der Waals surface area contributed by atoms with Gasteiger partial charge in [-0.3, -0.25) is 0 Å². The molecule has 0 fully saturated rings. The summed E-state index contributed by atoms with van der Waals surface area (Å²) in [5.74, 6) is 0. The molecule has 0 nitrogen and oxygen atoms in total. The third kappa shape index (κ3) is 1.57. The Kier molecular flexibility index (Phi) is 2.49. The standard InChI is InChI=1S/C14H8Br2/c15-10-5-6-12-13(8-10)11-4-2-1-3-9(11)7-14(12)16/h1-8H. The molecule has 3 aromatic rings. The summed E-state index contributed by atoms with van der Waals surface area (Å²) in [6, 6.07) is 17.0. The van der Waals surface area contributed by atoms with Crippen LogP contribution >= 0.6 is 31.9 Å². The molecule has 2 heteroatoms. The van der Waals surface area contributed by atoms with Crippen LogP contribution in [0.15, 0.2) is 57.5 Å². The van der Waals surface area contributed by atoms with Crippen LogP contribution in [0.5, 0.6) is 0 Å². The first kappa shape index (κ1) is 10.3. The van der Waals surface area contributed by atoms with Gasteiger partial charge in [0.05, 0.1) is 0 Å². The van der Waals surface area contributed by atoms with Gasteiger partial charge < -0.3 is 0 Å². The van der Waals surface area contributed by atoms with Crippen molar-refractivity contribution in [2.24, 2.45) is 0 Å². The van der Waals surface area contributed by atoms with Gasteiger partial charge in [0, 0.05) is 8.95 Å². The summed E-state index contributed by atoms with van der Waals surface area (Å²) in [5.41, 5.74) is 0. The van der Waals surface area contributed by atoms with Crippen molar-refractivity contribution in [3.05, 3.63) is 57.5 Å².